The highest BCUT2D eigenvalue weighted by Crippen LogP contribution is 2.24. The van der Waals surface area contributed by atoms with Crippen LogP contribution in [0.25, 0.3) is 0 Å². The van der Waals surface area contributed by atoms with Gasteiger partial charge in [0.05, 0.1) is 12.8 Å². The molecule has 3 nitrogen and oxygen atoms in total. The lowest BCUT2D eigenvalue weighted by molar-refractivity contribution is 0.401. The fourth-order valence-corrected chi connectivity index (χ4v) is 2.14. The van der Waals surface area contributed by atoms with E-state index >= 15 is 0 Å². The highest BCUT2D eigenvalue weighted by atomic mass is 79.9. The Morgan fingerprint density at radius 1 is 1.26 bits per heavy atom. The largest absolute Gasteiger partial charge is 0.496 e. The van der Waals surface area contributed by atoms with Gasteiger partial charge in [-0.05, 0) is 41.1 Å². The summed E-state index contributed by atoms with van der Waals surface area (Å²) in [5.74, 6) is 0.909. The molecule has 2 rings (SSSR count). The van der Waals surface area contributed by atoms with E-state index in [1.165, 1.54) is 0 Å². The lowest BCUT2D eigenvalue weighted by Gasteiger charge is -2.17. The van der Waals surface area contributed by atoms with Crippen molar-refractivity contribution < 1.29 is 4.74 Å². The summed E-state index contributed by atoms with van der Waals surface area (Å²) in [5, 5.41) is 3.45. The predicted molar refractivity (Wildman–Crippen MR) is 80.2 cm³/mol. The van der Waals surface area contributed by atoms with E-state index in [2.05, 4.69) is 39.2 Å². The third-order valence-electron chi connectivity index (χ3n) is 2.98. The summed E-state index contributed by atoms with van der Waals surface area (Å²) in [6, 6.07) is 12.3. The summed E-state index contributed by atoms with van der Waals surface area (Å²) < 4.78 is 6.37. The molecule has 1 N–H and O–H groups in total. The molecule has 0 spiro atoms. The Morgan fingerprint density at radius 2 is 2.05 bits per heavy atom. The van der Waals surface area contributed by atoms with Crippen LogP contribution in [0.15, 0.2) is 47.1 Å². The number of benzene rings is 1. The summed E-state index contributed by atoms with van der Waals surface area (Å²) in [7, 11) is 1.70. The number of aromatic nitrogens is 1. The Hall–Kier alpha value is -1.39. The number of nitrogens with zero attached hydrogens (tertiary/aromatic N) is 1. The van der Waals surface area contributed by atoms with Gasteiger partial charge in [-0.3, -0.25) is 4.98 Å². The summed E-state index contributed by atoms with van der Waals surface area (Å²) >= 11 is 3.38. The van der Waals surface area contributed by atoms with Crippen molar-refractivity contribution in [1.29, 1.82) is 0 Å². The monoisotopic (exact) mass is 320 g/mol. The van der Waals surface area contributed by atoms with Gasteiger partial charge in [0.25, 0.3) is 0 Å². The van der Waals surface area contributed by atoms with Gasteiger partial charge >= 0.3 is 0 Å². The molecular weight excluding hydrogens is 304 g/mol. The molecule has 1 aromatic heterocycles. The van der Waals surface area contributed by atoms with Crippen LogP contribution in [0.5, 0.6) is 5.75 Å². The quantitative estimate of drug-likeness (QED) is 0.912. The lowest BCUT2D eigenvalue weighted by Crippen LogP contribution is -2.19. The van der Waals surface area contributed by atoms with Crippen molar-refractivity contribution >= 4 is 15.9 Å². The Balaban J connectivity index is 2.01. The first-order chi connectivity index (χ1) is 9.20. The first-order valence-electron chi connectivity index (χ1n) is 6.17. The van der Waals surface area contributed by atoms with E-state index in [0.717, 1.165) is 28.0 Å². The second kappa shape index (κ2) is 6.68. The number of nitrogens with one attached hydrogen (secondary N) is 1. The van der Waals surface area contributed by atoms with E-state index in [1.807, 2.05) is 36.5 Å². The molecule has 0 amide bonds. The van der Waals surface area contributed by atoms with E-state index in [-0.39, 0.29) is 6.04 Å². The molecule has 1 heterocycles. The molecule has 0 aliphatic rings. The average Bonchev–Trinajstić information content (AvgIpc) is 2.46. The molecule has 0 saturated carbocycles. The molecule has 0 fully saturated rings. The Bertz CT molecular complexity index is 528. The SMILES string of the molecule is COc1ccccc1[C@H](C)NCc1ccc(Br)cn1. The second-order valence-electron chi connectivity index (χ2n) is 4.31. The third-order valence-corrected chi connectivity index (χ3v) is 3.45. The summed E-state index contributed by atoms with van der Waals surface area (Å²) in [6.07, 6.45) is 1.81. The van der Waals surface area contributed by atoms with Crippen molar-refractivity contribution in [2.45, 2.75) is 19.5 Å². The first-order valence-corrected chi connectivity index (χ1v) is 6.96. The molecule has 0 aliphatic carbocycles. The Labute approximate surface area is 122 Å². The zero-order valence-electron chi connectivity index (χ0n) is 11.1. The molecule has 0 aliphatic heterocycles. The van der Waals surface area contributed by atoms with Crippen LogP contribution in [-0.4, -0.2) is 12.1 Å². The topological polar surface area (TPSA) is 34.1 Å². The molecular formula is C15H17BrN2O. The fraction of sp³-hybridized carbons (Fsp3) is 0.267. The highest BCUT2D eigenvalue weighted by Gasteiger charge is 2.10. The maximum absolute atomic E-state index is 5.37. The summed E-state index contributed by atoms with van der Waals surface area (Å²) in [6.45, 7) is 2.85. The second-order valence-corrected chi connectivity index (χ2v) is 5.23. The number of halogens is 1. The van der Waals surface area contributed by atoms with Crippen LogP contribution in [0.3, 0.4) is 0 Å². The highest BCUT2D eigenvalue weighted by molar-refractivity contribution is 9.10. The van der Waals surface area contributed by atoms with Crippen LogP contribution in [0.4, 0.5) is 0 Å². The molecule has 1 aromatic carbocycles. The van der Waals surface area contributed by atoms with Gasteiger partial charge in [0.2, 0.25) is 0 Å². The minimum Gasteiger partial charge on any atom is -0.496 e. The Morgan fingerprint density at radius 3 is 2.74 bits per heavy atom. The normalized spacial score (nSPS) is 12.2. The van der Waals surface area contributed by atoms with Gasteiger partial charge in [0, 0.05) is 28.8 Å². The van der Waals surface area contributed by atoms with Crippen molar-refractivity contribution in [1.82, 2.24) is 10.3 Å². The standard InChI is InChI=1S/C15H17BrN2O/c1-11(14-5-3-4-6-15(14)19-2)17-10-13-8-7-12(16)9-18-13/h3-9,11,17H,10H2,1-2H3/t11-/m0/s1. The van der Waals surface area contributed by atoms with Gasteiger partial charge < -0.3 is 10.1 Å². The molecule has 0 saturated heterocycles. The van der Waals surface area contributed by atoms with Gasteiger partial charge in [-0.1, -0.05) is 18.2 Å². The maximum Gasteiger partial charge on any atom is 0.123 e. The molecule has 1 atom stereocenters. The van der Waals surface area contributed by atoms with Gasteiger partial charge in [-0.2, -0.15) is 0 Å². The van der Waals surface area contributed by atoms with Crippen LogP contribution < -0.4 is 10.1 Å². The van der Waals surface area contributed by atoms with Crippen molar-refractivity contribution in [3.8, 4) is 5.75 Å². The van der Waals surface area contributed by atoms with Crippen molar-refractivity contribution in [3.63, 3.8) is 0 Å². The number of para-hydroxylation sites is 1. The zero-order valence-corrected chi connectivity index (χ0v) is 12.6. The van der Waals surface area contributed by atoms with Crippen LogP contribution in [0, 0.1) is 0 Å². The molecule has 0 bridgehead atoms. The molecule has 100 valence electrons. The van der Waals surface area contributed by atoms with E-state index < -0.39 is 0 Å². The van der Waals surface area contributed by atoms with E-state index in [4.69, 9.17) is 4.74 Å². The average molecular weight is 321 g/mol. The lowest BCUT2D eigenvalue weighted by atomic mass is 10.1. The van der Waals surface area contributed by atoms with Gasteiger partial charge in [-0.15, -0.1) is 0 Å². The van der Waals surface area contributed by atoms with E-state index in [9.17, 15) is 0 Å². The molecule has 4 heteroatoms. The minimum atomic E-state index is 0.210. The zero-order chi connectivity index (χ0) is 13.7. The molecule has 0 unspecified atom stereocenters. The molecule has 0 radical (unpaired) electrons. The van der Waals surface area contributed by atoms with Crippen LogP contribution in [0.1, 0.15) is 24.2 Å². The summed E-state index contributed by atoms with van der Waals surface area (Å²) in [4.78, 5) is 4.35. The van der Waals surface area contributed by atoms with Crippen molar-refractivity contribution in [3.05, 3.63) is 58.3 Å². The van der Waals surface area contributed by atoms with Crippen LogP contribution in [-0.2, 0) is 6.54 Å². The van der Waals surface area contributed by atoms with Crippen molar-refractivity contribution in [2.24, 2.45) is 0 Å². The van der Waals surface area contributed by atoms with E-state index in [0.29, 0.717) is 0 Å². The van der Waals surface area contributed by atoms with Crippen molar-refractivity contribution in [2.75, 3.05) is 7.11 Å². The molecule has 2 aromatic rings. The van der Waals surface area contributed by atoms with Gasteiger partial charge in [0.1, 0.15) is 5.75 Å². The van der Waals surface area contributed by atoms with Crippen LogP contribution in [0.2, 0.25) is 0 Å². The summed E-state index contributed by atoms with van der Waals surface area (Å²) in [5.41, 5.74) is 2.17. The number of ether oxygens (including phenoxy) is 1. The van der Waals surface area contributed by atoms with E-state index in [1.54, 1.807) is 7.11 Å². The number of rotatable bonds is 5. The van der Waals surface area contributed by atoms with Gasteiger partial charge in [0.15, 0.2) is 0 Å². The van der Waals surface area contributed by atoms with Gasteiger partial charge in [-0.25, -0.2) is 0 Å². The maximum atomic E-state index is 5.37. The number of hydrogen-bond acceptors (Lipinski definition) is 3. The number of hydrogen-bond donors (Lipinski definition) is 1. The predicted octanol–water partition coefficient (Wildman–Crippen LogP) is 3.70. The molecule has 19 heavy (non-hydrogen) atoms. The van der Waals surface area contributed by atoms with Crippen LogP contribution >= 0.6 is 15.9 Å². The number of methoxy groups -OCH3 is 1. The fourth-order valence-electron chi connectivity index (χ4n) is 1.90. The first kappa shape index (κ1) is 14.0. The number of pyridine rings is 1. The third kappa shape index (κ3) is 3.78. The minimum absolute atomic E-state index is 0.210. The smallest absolute Gasteiger partial charge is 0.123 e. The Kier molecular flexibility index (Phi) is 4.93.